The first kappa shape index (κ1) is 14.7. The van der Waals surface area contributed by atoms with E-state index in [1.807, 2.05) is 43.3 Å². The summed E-state index contributed by atoms with van der Waals surface area (Å²) >= 11 is 10.5. The predicted octanol–water partition coefficient (Wildman–Crippen LogP) is 3.83. The fraction of sp³-hybridized carbons (Fsp3) is 0.125. The molecule has 1 aromatic heterocycles. The molecule has 2 N–H and O–H groups in total. The molecule has 112 valence electrons. The highest BCUT2D eigenvalue weighted by atomic mass is 32.1. The van der Waals surface area contributed by atoms with Crippen LogP contribution >= 0.6 is 24.4 Å². The van der Waals surface area contributed by atoms with Gasteiger partial charge in [0.15, 0.2) is 10.7 Å². The summed E-state index contributed by atoms with van der Waals surface area (Å²) in [7, 11) is 0. The van der Waals surface area contributed by atoms with Crippen LogP contribution in [0.25, 0.3) is 17.4 Å². The SMILES string of the molecule is CCN1C(=S)O/C(=C\c2ccc(-c3ccc(N)cc3)o2)C1=S. The average Bonchev–Trinajstić information content (AvgIpc) is 3.06. The molecule has 0 saturated carbocycles. The van der Waals surface area contributed by atoms with Crippen LogP contribution in [0.5, 0.6) is 0 Å². The summed E-state index contributed by atoms with van der Waals surface area (Å²) in [5, 5.41) is 0.379. The molecule has 2 heterocycles. The Kier molecular flexibility index (Phi) is 3.96. The molecule has 1 aliphatic rings. The Labute approximate surface area is 139 Å². The maximum absolute atomic E-state index is 5.81. The van der Waals surface area contributed by atoms with Crippen molar-refractivity contribution in [2.45, 2.75) is 6.92 Å². The Bertz CT molecular complexity index is 763. The molecule has 6 heteroatoms. The fourth-order valence-electron chi connectivity index (χ4n) is 2.13. The fourth-order valence-corrected chi connectivity index (χ4v) is 2.82. The van der Waals surface area contributed by atoms with E-state index in [-0.39, 0.29) is 0 Å². The van der Waals surface area contributed by atoms with Gasteiger partial charge < -0.3 is 14.9 Å². The molecule has 1 aromatic carbocycles. The van der Waals surface area contributed by atoms with Crippen LogP contribution in [0.2, 0.25) is 0 Å². The molecule has 1 fully saturated rings. The van der Waals surface area contributed by atoms with Crippen LogP contribution < -0.4 is 5.73 Å². The van der Waals surface area contributed by atoms with Crippen LogP contribution in [0.15, 0.2) is 46.6 Å². The normalized spacial score (nSPS) is 16.4. The van der Waals surface area contributed by atoms with E-state index in [1.54, 1.807) is 11.0 Å². The highest BCUT2D eigenvalue weighted by molar-refractivity contribution is 7.82. The first-order valence-corrected chi connectivity index (χ1v) is 7.61. The molecule has 0 unspecified atom stereocenters. The van der Waals surface area contributed by atoms with Crippen molar-refractivity contribution < 1.29 is 9.15 Å². The molecular weight excluding hydrogens is 316 g/mol. The van der Waals surface area contributed by atoms with E-state index >= 15 is 0 Å². The van der Waals surface area contributed by atoms with Gasteiger partial charge in [0.25, 0.3) is 5.17 Å². The Balaban J connectivity index is 1.86. The van der Waals surface area contributed by atoms with E-state index in [0.29, 0.717) is 28.2 Å². The van der Waals surface area contributed by atoms with Crippen molar-refractivity contribution in [3.05, 3.63) is 47.9 Å². The van der Waals surface area contributed by atoms with Crippen LogP contribution in [0.1, 0.15) is 12.7 Å². The Morgan fingerprint density at radius 1 is 1.14 bits per heavy atom. The van der Waals surface area contributed by atoms with Crippen LogP contribution in [-0.2, 0) is 4.74 Å². The number of likely N-dealkylation sites (N-methyl/N-ethyl adjacent to an activating group) is 1. The van der Waals surface area contributed by atoms with Gasteiger partial charge in [-0.1, -0.05) is 12.2 Å². The van der Waals surface area contributed by atoms with E-state index < -0.39 is 0 Å². The van der Waals surface area contributed by atoms with Gasteiger partial charge in [-0.25, -0.2) is 0 Å². The molecule has 4 nitrogen and oxygen atoms in total. The monoisotopic (exact) mass is 330 g/mol. The molecule has 0 atom stereocenters. The second-order valence-corrected chi connectivity index (χ2v) is 5.49. The molecule has 0 aliphatic carbocycles. The van der Waals surface area contributed by atoms with Gasteiger partial charge in [-0.3, -0.25) is 4.90 Å². The van der Waals surface area contributed by atoms with Crippen molar-refractivity contribution in [2.24, 2.45) is 0 Å². The Hall–Kier alpha value is -2.18. The number of rotatable bonds is 3. The number of benzene rings is 1. The third-order valence-electron chi connectivity index (χ3n) is 3.29. The van der Waals surface area contributed by atoms with Gasteiger partial charge in [-0.2, -0.15) is 0 Å². The van der Waals surface area contributed by atoms with Crippen LogP contribution in [-0.4, -0.2) is 21.6 Å². The number of hydrogen-bond donors (Lipinski definition) is 1. The van der Waals surface area contributed by atoms with E-state index in [2.05, 4.69) is 0 Å². The highest BCUT2D eigenvalue weighted by Crippen LogP contribution is 2.26. The second kappa shape index (κ2) is 5.90. The molecule has 1 aliphatic heterocycles. The highest BCUT2D eigenvalue weighted by Gasteiger charge is 2.28. The van der Waals surface area contributed by atoms with Crippen molar-refractivity contribution in [1.82, 2.24) is 4.90 Å². The number of anilines is 1. The first-order chi connectivity index (χ1) is 10.6. The molecule has 22 heavy (non-hydrogen) atoms. The smallest absolute Gasteiger partial charge is 0.270 e. The zero-order chi connectivity index (χ0) is 15.7. The van der Waals surface area contributed by atoms with Gasteiger partial charge >= 0.3 is 0 Å². The molecule has 3 rings (SSSR count). The maximum Gasteiger partial charge on any atom is 0.270 e. The minimum absolute atomic E-state index is 0.379. The molecule has 0 amide bonds. The third kappa shape index (κ3) is 2.75. The molecule has 0 radical (unpaired) electrons. The van der Waals surface area contributed by atoms with E-state index in [1.165, 1.54) is 0 Å². The van der Waals surface area contributed by atoms with Gasteiger partial charge in [0.2, 0.25) is 0 Å². The molecule has 1 saturated heterocycles. The summed E-state index contributed by atoms with van der Waals surface area (Å²) in [6.07, 6.45) is 1.76. The number of ether oxygens (including phenoxy) is 1. The predicted molar refractivity (Wildman–Crippen MR) is 95.2 cm³/mol. The van der Waals surface area contributed by atoms with Gasteiger partial charge in [0.05, 0.1) is 0 Å². The molecule has 0 bridgehead atoms. The summed E-state index contributed by atoms with van der Waals surface area (Å²) < 4.78 is 11.3. The van der Waals surface area contributed by atoms with Crippen molar-refractivity contribution in [3.8, 4) is 11.3 Å². The lowest BCUT2D eigenvalue weighted by Crippen LogP contribution is -2.26. The Morgan fingerprint density at radius 3 is 2.50 bits per heavy atom. The zero-order valence-electron chi connectivity index (χ0n) is 11.9. The van der Waals surface area contributed by atoms with Gasteiger partial charge in [-0.15, -0.1) is 0 Å². The second-order valence-electron chi connectivity index (χ2n) is 4.75. The molecule has 0 spiro atoms. The summed E-state index contributed by atoms with van der Waals surface area (Å²) in [5.74, 6) is 1.95. The lowest BCUT2D eigenvalue weighted by molar-refractivity contribution is 0.441. The third-order valence-corrected chi connectivity index (χ3v) is 4.01. The number of nitrogens with zero attached hydrogens (tertiary/aromatic N) is 1. The van der Waals surface area contributed by atoms with Gasteiger partial charge in [-0.05, 0) is 55.5 Å². The number of thiocarbonyl (C=S) groups is 2. The average molecular weight is 330 g/mol. The quantitative estimate of drug-likeness (QED) is 0.524. The number of nitrogen functional groups attached to an aromatic ring is 1. The topological polar surface area (TPSA) is 51.6 Å². The van der Waals surface area contributed by atoms with E-state index in [9.17, 15) is 0 Å². The maximum atomic E-state index is 5.81. The van der Waals surface area contributed by atoms with E-state index in [4.69, 9.17) is 39.3 Å². The number of furan rings is 1. The van der Waals surface area contributed by atoms with Crippen molar-refractivity contribution in [3.63, 3.8) is 0 Å². The summed E-state index contributed by atoms with van der Waals surface area (Å²) in [4.78, 5) is 2.35. The summed E-state index contributed by atoms with van der Waals surface area (Å²) in [6.45, 7) is 2.65. The summed E-state index contributed by atoms with van der Waals surface area (Å²) in [6, 6.07) is 11.3. The zero-order valence-corrected chi connectivity index (χ0v) is 13.5. The lowest BCUT2D eigenvalue weighted by Gasteiger charge is -2.09. The van der Waals surface area contributed by atoms with Gasteiger partial charge in [0, 0.05) is 23.9 Å². The van der Waals surface area contributed by atoms with Crippen molar-refractivity contribution in [2.75, 3.05) is 12.3 Å². The minimum Gasteiger partial charge on any atom is -0.457 e. The van der Waals surface area contributed by atoms with Crippen molar-refractivity contribution in [1.29, 1.82) is 0 Å². The van der Waals surface area contributed by atoms with Crippen LogP contribution in [0.4, 0.5) is 5.69 Å². The van der Waals surface area contributed by atoms with Crippen molar-refractivity contribution >= 4 is 46.4 Å². The largest absolute Gasteiger partial charge is 0.457 e. The Morgan fingerprint density at radius 2 is 1.86 bits per heavy atom. The number of nitrogens with two attached hydrogens (primary N) is 1. The van der Waals surface area contributed by atoms with Crippen LogP contribution in [0.3, 0.4) is 0 Å². The van der Waals surface area contributed by atoms with Gasteiger partial charge in [0.1, 0.15) is 11.5 Å². The summed E-state index contributed by atoms with van der Waals surface area (Å²) in [5.41, 5.74) is 7.36. The van der Waals surface area contributed by atoms with E-state index in [0.717, 1.165) is 17.0 Å². The molecular formula is C16H14N2O2S2. The number of hydrogen-bond acceptors (Lipinski definition) is 5. The minimum atomic E-state index is 0.379. The first-order valence-electron chi connectivity index (χ1n) is 6.79. The lowest BCUT2D eigenvalue weighted by atomic mass is 10.1. The molecule has 2 aromatic rings. The van der Waals surface area contributed by atoms with Crippen LogP contribution in [0, 0.1) is 0 Å². The standard InChI is InChI=1S/C16H14N2O2S2/c1-2-18-15(21)14(20-16(18)22)9-12-7-8-13(19-12)10-3-5-11(17)6-4-10/h3-9H,2,17H2,1H3/b14-9-.